The van der Waals surface area contributed by atoms with Crippen LogP contribution in [-0.2, 0) is 4.79 Å². The van der Waals surface area contributed by atoms with Gasteiger partial charge in [0, 0.05) is 43.4 Å². The topological polar surface area (TPSA) is 91.6 Å². The van der Waals surface area contributed by atoms with Crippen LogP contribution in [0.5, 0.6) is 0 Å². The Morgan fingerprint density at radius 3 is 2.83 bits per heavy atom. The maximum Gasteiger partial charge on any atom is 0.341 e. The highest BCUT2D eigenvalue weighted by atomic mass is 16.4. The van der Waals surface area contributed by atoms with Crippen LogP contribution in [0.2, 0.25) is 0 Å². The molecule has 1 aliphatic carbocycles. The van der Waals surface area contributed by atoms with Gasteiger partial charge in [-0.3, -0.25) is 9.59 Å². The fraction of sp³-hybridized carbons (Fsp3) is 0.353. The van der Waals surface area contributed by atoms with Crippen molar-refractivity contribution < 1.29 is 14.7 Å². The van der Waals surface area contributed by atoms with Crippen molar-refractivity contribution in [1.29, 1.82) is 0 Å². The number of pyridine rings is 1. The van der Waals surface area contributed by atoms with Crippen molar-refractivity contribution in [3.63, 3.8) is 0 Å². The number of rotatable bonds is 7. The van der Waals surface area contributed by atoms with Crippen molar-refractivity contribution in [2.75, 3.05) is 25.0 Å². The molecule has 1 aliphatic rings. The summed E-state index contributed by atoms with van der Waals surface area (Å²) in [5, 5.41) is 12.3. The number of carbonyl (C=O) groups excluding carboxylic acids is 1. The number of amides is 1. The lowest BCUT2D eigenvalue weighted by Gasteiger charge is -2.20. The Hall–Kier alpha value is -2.83. The van der Waals surface area contributed by atoms with E-state index in [-0.39, 0.29) is 11.6 Å². The number of hydrogen-bond acceptors (Lipinski definition) is 4. The van der Waals surface area contributed by atoms with Gasteiger partial charge in [0.1, 0.15) is 5.56 Å². The molecule has 0 unspecified atom stereocenters. The Kier molecular flexibility index (Phi) is 4.24. The van der Waals surface area contributed by atoms with E-state index in [1.807, 2.05) is 22.6 Å². The predicted octanol–water partition coefficient (Wildman–Crippen LogP) is 1.22. The second-order valence-electron chi connectivity index (χ2n) is 6.01. The van der Waals surface area contributed by atoms with E-state index in [0.29, 0.717) is 24.9 Å². The van der Waals surface area contributed by atoms with Crippen LogP contribution in [0.1, 0.15) is 29.2 Å². The SMILES string of the molecule is CN(CCNC=O)c1ccc2c(=O)c(C(=O)O)cn(C3CC3)c2c1. The summed E-state index contributed by atoms with van der Waals surface area (Å²) < 4.78 is 1.90. The van der Waals surface area contributed by atoms with Gasteiger partial charge in [0.25, 0.3) is 0 Å². The summed E-state index contributed by atoms with van der Waals surface area (Å²) in [7, 11) is 1.90. The second-order valence-corrected chi connectivity index (χ2v) is 6.01. The summed E-state index contributed by atoms with van der Waals surface area (Å²) in [6, 6.07) is 5.64. The molecule has 0 aliphatic heterocycles. The summed E-state index contributed by atoms with van der Waals surface area (Å²) in [5.41, 5.74) is 1.02. The lowest BCUT2D eigenvalue weighted by molar-refractivity contribution is -0.109. The molecule has 2 N–H and O–H groups in total. The van der Waals surface area contributed by atoms with Crippen molar-refractivity contribution in [1.82, 2.24) is 9.88 Å². The minimum Gasteiger partial charge on any atom is -0.477 e. The minimum absolute atomic E-state index is 0.189. The van der Waals surface area contributed by atoms with Crippen LogP contribution in [0.4, 0.5) is 5.69 Å². The van der Waals surface area contributed by atoms with Gasteiger partial charge in [-0.15, -0.1) is 0 Å². The molecule has 0 atom stereocenters. The number of carbonyl (C=O) groups is 2. The Morgan fingerprint density at radius 1 is 1.46 bits per heavy atom. The average Bonchev–Trinajstić information content (AvgIpc) is 3.39. The third-order valence-corrected chi connectivity index (χ3v) is 4.30. The van der Waals surface area contributed by atoms with Crippen LogP contribution in [0.3, 0.4) is 0 Å². The van der Waals surface area contributed by atoms with Gasteiger partial charge in [-0.1, -0.05) is 0 Å². The quantitative estimate of drug-likeness (QED) is 0.588. The number of nitrogens with zero attached hydrogens (tertiary/aromatic N) is 2. The molecule has 1 amide bonds. The zero-order valence-electron chi connectivity index (χ0n) is 13.4. The van der Waals surface area contributed by atoms with Gasteiger partial charge >= 0.3 is 5.97 Å². The van der Waals surface area contributed by atoms with Crippen LogP contribution in [-0.4, -0.2) is 42.2 Å². The molecule has 2 aromatic rings. The molecule has 3 rings (SSSR count). The number of likely N-dealkylation sites (N-methyl/N-ethyl adjacent to an activating group) is 1. The largest absolute Gasteiger partial charge is 0.477 e. The molecule has 1 saturated carbocycles. The number of carboxylic acid groups (broad SMARTS) is 1. The first-order valence-corrected chi connectivity index (χ1v) is 7.83. The number of nitrogens with one attached hydrogen (secondary N) is 1. The number of aromatic carboxylic acids is 1. The highest BCUT2D eigenvalue weighted by Crippen LogP contribution is 2.37. The van der Waals surface area contributed by atoms with E-state index in [2.05, 4.69) is 5.32 Å². The molecule has 1 heterocycles. The molecule has 0 bridgehead atoms. The van der Waals surface area contributed by atoms with Crippen molar-refractivity contribution in [3.8, 4) is 0 Å². The molecule has 1 fully saturated rings. The van der Waals surface area contributed by atoms with E-state index in [4.69, 9.17) is 0 Å². The summed E-state index contributed by atoms with van der Waals surface area (Å²) >= 11 is 0. The molecule has 7 heteroatoms. The molecule has 0 radical (unpaired) electrons. The van der Waals surface area contributed by atoms with Crippen LogP contribution < -0.4 is 15.6 Å². The monoisotopic (exact) mass is 329 g/mol. The van der Waals surface area contributed by atoms with Crippen molar-refractivity contribution in [2.45, 2.75) is 18.9 Å². The van der Waals surface area contributed by atoms with Gasteiger partial charge in [0.2, 0.25) is 11.8 Å². The highest BCUT2D eigenvalue weighted by molar-refractivity contribution is 5.93. The highest BCUT2D eigenvalue weighted by Gasteiger charge is 2.26. The van der Waals surface area contributed by atoms with Gasteiger partial charge in [0.15, 0.2) is 0 Å². The minimum atomic E-state index is -1.20. The molecular formula is C17H19N3O4. The second kappa shape index (κ2) is 6.35. The van der Waals surface area contributed by atoms with Crippen molar-refractivity contribution in [3.05, 3.63) is 40.2 Å². The Morgan fingerprint density at radius 2 is 2.21 bits per heavy atom. The zero-order chi connectivity index (χ0) is 17.3. The molecule has 7 nitrogen and oxygen atoms in total. The standard InChI is InChI=1S/C17H19N3O4/c1-19(7-6-18-10-21)12-4-5-13-15(8-12)20(11-2-3-11)9-14(16(13)22)17(23)24/h4-5,8-11H,2-3,6-7H2,1H3,(H,18,21)(H,23,24). The van der Waals surface area contributed by atoms with E-state index in [9.17, 15) is 19.5 Å². The zero-order valence-corrected chi connectivity index (χ0v) is 13.4. The first-order chi connectivity index (χ1) is 11.5. The summed E-state index contributed by atoms with van der Waals surface area (Å²) in [5.74, 6) is -1.20. The van der Waals surface area contributed by atoms with Gasteiger partial charge in [0.05, 0.1) is 5.52 Å². The van der Waals surface area contributed by atoms with Gasteiger partial charge in [-0.2, -0.15) is 0 Å². The van der Waals surface area contributed by atoms with Crippen LogP contribution in [0, 0.1) is 0 Å². The van der Waals surface area contributed by atoms with Crippen LogP contribution in [0.15, 0.2) is 29.2 Å². The van der Waals surface area contributed by atoms with Crippen LogP contribution >= 0.6 is 0 Å². The average molecular weight is 329 g/mol. The number of aromatic nitrogens is 1. The van der Waals surface area contributed by atoms with E-state index >= 15 is 0 Å². The molecule has 1 aromatic heterocycles. The number of carboxylic acids is 1. The first kappa shape index (κ1) is 16.0. The molecule has 1 aromatic carbocycles. The van der Waals surface area contributed by atoms with E-state index in [1.54, 1.807) is 12.1 Å². The maximum absolute atomic E-state index is 12.4. The van der Waals surface area contributed by atoms with Gasteiger partial charge in [-0.05, 0) is 31.0 Å². The third kappa shape index (κ3) is 2.97. The fourth-order valence-corrected chi connectivity index (χ4v) is 2.80. The van der Waals surface area contributed by atoms with E-state index in [1.165, 1.54) is 6.20 Å². The van der Waals surface area contributed by atoms with E-state index < -0.39 is 11.4 Å². The van der Waals surface area contributed by atoms with Crippen molar-refractivity contribution in [2.24, 2.45) is 0 Å². The molecular weight excluding hydrogens is 310 g/mol. The summed E-state index contributed by atoms with van der Waals surface area (Å²) in [4.78, 5) is 36.0. The smallest absolute Gasteiger partial charge is 0.341 e. The maximum atomic E-state index is 12.4. The number of anilines is 1. The molecule has 0 saturated heterocycles. The van der Waals surface area contributed by atoms with Gasteiger partial charge < -0.3 is 19.9 Å². The van der Waals surface area contributed by atoms with Crippen molar-refractivity contribution >= 4 is 29.0 Å². The third-order valence-electron chi connectivity index (χ3n) is 4.30. The summed E-state index contributed by atoms with van der Waals surface area (Å²) in [6.45, 7) is 1.15. The predicted molar refractivity (Wildman–Crippen MR) is 90.8 cm³/mol. The lowest BCUT2D eigenvalue weighted by atomic mass is 10.1. The lowest BCUT2D eigenvalue weighted by Crippen LogP contribution is -2.28. The van der Waals surface area contributed by atoms with Crippen LogP contribution in [0.25, 0.3) is 10.9 Å². The Labute approximate surface area is 138 Å². The molecule has 126 valence electrons. The summed E-state index contributed by atoms with van der Waals surface area (Å²) in [6.07, 6.45) is 4.09. The Balaban J connectivity index is 2.06. The van der Waals surface area contributed by atoms with E-state index in [0.717, 1.165) is 24.0 Å². The first-order valence-electron chi connectivity index (χ1n) is 7.83. The Bertz CT molecular complexity index is 855. The van der Waals surface area contributed by atoms with Gasteiger partial charge in [-0.25, -0.2) is 4.79 Å². The molecule has 0 spiro atoms. The number of hydrogen-bond donors (Lipinski definition) is 2. The normalized spacial score (nSPS) is 13.7. The fourth-order valence-electron chi connectivity index (χ4n) is 2.80. The number of fused-ring (bicyclic) bond motifs is 1. The number of benzene rings is 1. The molecule has 24 heavy (non-hydrogen) atoms.